The number of hydrogen-bond donors (Lipinski definition) is 3. The van der Waals surface area contributed by atoms with Gasteiger partial charge in [0.05, 0.1) is 0 Å². The van der Waals surface area contributed by atoms with Gasteiger partial charge in [-0.1, -0.05) is 41.3 Å². The van der Waals surface area contributed by atoms with Crippen molar-refractivity contribution in [1.29, 1.82) is 0 Å². The predicted molar refractivity (Wildman–Crippen MR) is 133 cm³/mol. The van der Waals surface area contributed by atoms with Gasteiger partial charge in [0.25, 0.3) is 5.91 Å². The largest absolute Gasteiger partial charge is 0.477 e. The van der Waals surface area contributed by atoms with E-state index in [1.807, 2.05) is 36.9 Å². The van der Waals surface area contributed by atoms with E-state index >= 15 is 0 Å². The number of aromatic nitrogens is 2. The molecule has 3 unspecified atom stereocenters. The minimum atomic E-state index is -1.15. The zero-order valence-corrected chi connectivity index (χ0v) is 21.3. The Morgan fingerprint density at radius 2 is 2.09 bits per heavy atom. The number of nitrogens with one attached hydrogen (secondary N) is 1. The first-order chi connectivity index (χ1) is 16.3. The fourth-order valence-electron chi connectivity index (χ4n) is 4.06. The first-order valence-corrected chi connectivity index (χ1v) is 14.4. The van der Waals surface area contributed by atoms with Gasteiger partial charge in [0, 0.05) is 23.0 Å². The van der Waals surface area contributed by atoms with Crippen molar-refractivity contribution < 1.29 is 19.5 Å². The summed E-state index contributed by atoms with van der Waals surface area (Å²) >= 11 is 6.10. The zero-order chi connectivity index (χ0) is 24.0. The standard InChI is InChI=1S/C21H21N5O4S4/c1-9-24-25-21(34-9)33-8-13-7-32-19-15(18(28)26(19)16(13)20(29)30)23-17(27)14(22)10-2-3-11-5-31-6-12(11)4-10/h2-4,14-15,19H,5-8,22H2,1H3,(H,23,27)(H,29,30). The Bertz CT molecular complexity index is 1220. The van der Waals surface area contributed by atoms with Crippen LogP contribution in [0.25, 0.3) is 0 Å². The van der Waals surface area contributed by atoms with Gasteiger partial charge >= 0.3 is 5.97 Å². The molecule has 3 aliphatic heterocycles. The number of hydrogen-bond acceptors (Lipinski definition) is 10. The second-order valence-electron chi connectivity index (χ2n) is 8.03. The van der Waals surface area contributed by atoms with Crippen LogP contribution in [0.1, 0.15) is 27.7 Å². The first kappa shape index (κ1) is 23.7. The van der Waals surface area contributed by atoms with Crippen molar-refractivity contribution in [3.05, 3.63) is 51.2 Å². The minimum absolute atomic E-state index is 0.00610. The van der Waals surface area contributed by atoms with E-state index in [2.05, 4.69) is 15.5 Å². The van der Waals surface area contributed by atoms with Crippen LogP contribution in [0.3, 0.4) is 0 Å². The molecule has 1 saturated heterocycles. The number of benzene rings is 1. The normalized spacial score (nSPS) is 22.2. The highest BCUT2D eigenvalue weighted by molar-refractivity contribution is 8.01. The van der Waals surface area contributed by atoms with E-state index in [9.17, 15) is 19.5 Å². The number of carbonyl (C=O) groups is 3. The van der Waals surface area contributed by atoms with Crippen molar-refractivity contribution >= 4 is 64.4 Å². The van der Waals surface area contributed by atoms with Crippen molar-refractivity contribution in [2.75, 3.05) is 11.5 Å². The minimum Gasteiger partial charge on any atom is -0.477 e. The summed E-state index contributed by atoms with van der Waals surface area (Å²) in [7, 11) is 0. The fraction of sp³-hybridized carbons (Fsp3) is 0.381. The Labute approximate surface area is 212 Å². The fourth-order valence-corrected chi connectivity index (χ4v) is 8.45. The summed E-state index contributed by atoms with van der Waals surface area (Å²) in [6.07, 6.45) is 0. The Kier molecular flexibility index (Phi) is 6.64. The molecule has 34 heavy (non-hydrogen) atoms. The van der Waals surface area contributed by atoms with Gasteiger partial charge in [-0.05, 0) is 29.2 Å². The van der Waals surface area contributed by atoms with Gasteiger partial charge < -0.3 is 16.2 Å². The van der Waals surface area contributed by atoms with Crippen LogP contribution in [0.2, 0.25) is 0 Å². The van der Waals surface area contributed by atoms with Crippen LogP contribution in [0.4, 0.5) is 0 Å². The van der Waals surface area contributed by atoms with Crippen LogP contribution < -0.4 is 11.1 Å². The number of β-lactam (4-membered cyclic amide) rings is 1. The summed E-state index contributed by atoms with van der Waals surface area (Å²) in [5, 5.41) is 21.0. The summed E-state index contributed by atoms with van der Waals surface area (Å²) in [6, 6.07) is 4.11. The first-order valence-electron chi connectivity index (χ1n) is 10.4. The molecule has 178 valence electrons. The topological polar surface area (TPSA) is 139 Å². The van der Waals surface area contributed by atoms with E-state index < -0.39 is 35.2 Å². The van der Waals surface area contributed by atoms with Gasteiger partial charge in [-0.15, -0.1) is 22.0 Å². The van der Waals surface area contributed by atoms with Gasteiger partial charge in [0.1, 0.15) is 28.2 Å². The molecule has 0 aliphatic carbocycles. The van der Waals surface area contributed by atoms with Gasteiger partial charge in [-0.2, -0.15) is 11.8 Å². The Balaban J connectivity index is 1.27. The van der Waals surface area contributed by atoms with E-state index in [-0.39, 0.29) is 5.70 Å². The van der Waals surface area contributed by atoms with Crippen molar-refractivity contribution in [3.63, 3.8) is 0 Å². The molecular formula is C21H21N5O4S4. The van der Waals surface area contributed by atoms with Crippen LogP contribution >= 0.6 is 46.6 Å². The van der Waals surface area contributed by atoms with Crippen molar-refractivity contribution in [1.82, 2.24) is 20.4 Å². The molecule has 0 saturated carbocycles. The molecule has 3 aliphatic rings. The second-order valence-corrected chi connectivity index (χ2v) is 12.5. The zero-order valence-electron chi connectivity index (χ0n) is 18.0. The van der Waals surface area contributed by atoms with E-state index in [0.29, 0.717) is 22.6 Å². The maximum atomic E-state index is 12.9. The quantitative estimate of drug-likeness (QED) is 0.357. The molecule has 9 nitrogen and oxygen atoms in total. The maximum Gasteiger partial charge on any atom is 0.352 e. The Hall–Kier alpha value is -2.06. The molecule has 5 rings (SSSR count). The third kappa shape index (κ3) is 4.35. The number of carboxylic acids is 1. The molecule has 3 atom stereocenters. The molecule has 2 aromatic rings. The van der Waals surface area contributed by atoms with E-state index in [1.54, 1.807) is 0 Å². The molecule has 0 spiro atoms. The lowest BCUT2D eigenvalue weighted by molar-refractivity contribution is -0.150. The van der Waals surface area contributed by atoms with E-state index in [4.69, 9.17) is 5.73 Å². The highest BCUT2D eigenvalue weighted by Gasteiger charge is 2.54. The van der Waals surface area contributed by atoms with Crippen LogP contribution in [-0.2, 0) is 25.9 Å². The molecule has 0 bridgehead atoms. The molecule has 1 aromatic heterocycles. The molecule has 2 amide bonds. The third-order valence-electron chi connectivity index (χ3n) is 5.81. The maximum absolute atomic E-state index is 12.9. The van der Waals surface area contributed by atoms with Gasteiger partial charge in [0.15, 0.2) is 4.34 Å². The summed E-state index contributed by atoms with van der Waals surface area (Å²) in [4.78, 5) is 39.1. The van der Waals surface area contributed by atoms with Crippen LogP contribution in [0, 0.1) is 6.92 Å². The van der Waals surface area contributed by atoms with Crippen molar-refractivity contribution in [2.45, 2.75) is 40.2 Å². The van der Waals surface area contributed by atoms with E-state index in [1.165, 1.54) is 50.9 Å². The Morgan fingerprint density at radius 1 is 1.29 bits per heavy atom. The SMILES string of the molecule is Cc1nnc(SCC2=C(C(=O)O)N3C(=O)C(NC(=O)C(N)c4ccc5c(c4)CSC5)C3SC2)s1. The number of amides is 2. The number of fused-ring (bicyclic) bond motifs is 2. The number of thioether (sulfide) groups is 3. The number of carbonyl (C=O) groups excluding carboxylic acids is 2. The molecule has 1 fully saturated rings. The summed E-state index contributed by atoms with van der Waals surface area (Å²) in [5.74, 6) is 0.673. The lowest BCUT2D eigenvalue weighted by Gasteiger charge is -2.49. The summed E-state index contributed by atoms with van der Waals surface area (Å²) in [6.45, 7) is 1.85. The number of aryl methyl sites for hydroxylation is 1. The van der Waals surface area contributed by atoms with Crippen LogP contribution in [0.15, 0.2) is 33.8 Å². The van der Waals surface area contributed by atoms with Gasteiger partial charge in [-0.3, -0.25) is 14.5 Å². The number of aliphatic carboxylic acids is 1. The lowest BCUT2D eigenvalue weighted by Crippen LogP contribution is -2.71. The number of nitrogens with two attached hydrogens (primary N) is 1. The average molecular weight is 536 g/mol. The van der Waals surface area contributed by atoms with Gasteiger partial charge in [0.2, 0.25) is 5.91 Å². The molecule has 13 heteroatoms. The second kappa shape index (κ2) is 9.53. The molecule has 4 heterocycles. The summed E-state index contributed by atoms with van der Waals surface area (Å²) in [5.41, 5.74) is 9.99. The smallest absolute Gasteiger partial charge is 0.352 e. The highest BCUT2D eigenvalue weighted by Crippen LogP contribution is 2.42. The summed E-state index contributed by atoms with van der Waals surface area (Å²) < 4.78 is 0.751. The molecular weight excluding hydrogens is 515 g/mol. The number of rotatable bonds is 7. The highest BCUT2D eigenvalue weighted by atomic mass is 32.2. The lowest BCUT2D eigenvalue weighted by atomic mass is 9.99. The number of nitrogens with zero attached hydrogens (tertiary/aromatic N) is 3. The molecule has 1 aromatic carbocycles. The molecule has 4 N–H and O–H groups in total. The monoisotopic (exact) mass is 535 g/mol. The van der Waals surface area contributed by atoms with Gasteiger partial charge in [-0.25, -0.2) is 4.79 Å². The average Bonchev–Trinajstić information content (AvgIpc) is 3.47. The van der Waals surface area contributed by atoms with Crippen molar-refractivity contribution in [3.8, 4) is 0 Å². The predicted octanol–water partition coefficient (Wildman–Crippen LogP) is 2.12. The third-order valence-corrected chi connectivity index (χ3v) is 10.2. The van der Waals surface area contributed by atoms with Crippen molar-refractivity contribution in [2.24, 2.45) is 5.73 Å². The number of carboxylic acid groups (broad SMARTS) is 1. The molecule has 0 radical (unpaired) electrons. The van der Waals surface area contributed by atoms with Crippen LogP contribution in [0.5, 0.6) is 0 Å². The van der Waals surface area contributed by atoms with Crippen LogP contribution in [-0.4, -0.2) is 60.9 Å². The Morgan fingerprint density at radius 3 is 2.82 bits per heavy atom. The van der Waals surface area contributed by atoms with E-state index in [0.717, 1.165) is 20.9 Å².